The van der Waals surface area contributed by atoms with Crippen LogP contribution in [0, 0.1) is 6.92 Å². The lowest BCUT2D eigenvalue weighted by Gasteiger charge is -2.30. The molecule has 1 aromatic rings. The number of aryl methyl sites for hydroxylation is 1. The number of amides is 1. The Morgan fingerprint density at radius 2 is 1.90 bits per heavy atom. The molecule has 2 heterocycles. The molecule has 0 unspecified atom stereocenters. The van der Waals surface area contributed by atoms with Crippen molar-refractivity contribution in [2.75, 3.05) is 45.1 Å². The summed E-state index contributed by atoms with van der Waals surface area (Å²) in [5.74, 6) is 0.862. The van der Waals surface area contributed by atoms with Gasteiger partial charge in [-0.05, 0) is 12.5 Å². The van der Waals surface area contributed by atoms with E-state index in [9.17, 15) is 4.79 Å². The van der Waals surface area contributed by atoms with Gasteiger partial charge in [0.25, 0.3) is 0 Å². The van der Waals surface area contributed by atoms with Crippen molar-refractivity contribution >= 4 is 17.7 Å². The molecule has 2 aliphatic heterocycles. The molecule has 2 saturated heterocycles. The highest BCUT2D eigenvalue weighted by Crippen LogP contribution is 2.38. The SMILES string of the molecule is Cc1ccc([C@H]2SCC(=O)N2CCN2CCOCC2)cc1. The van der Waals surface area contributed by atoms with Crippen LogP contribution in [0.5, 0.6) is 0 Å². The standard InChI is InChI=1S/C16H22N2O2S/c1-13-2-4-14(5-3-13)16-18(15(19)12-21-16)7-6-17-8-10-20-11-9-17/h2-5,16H,6-12H2,1H3/t16-/m1/s1. The van der Waals surface area contributed by atoms with Crippen LogP contribution in [0.2, 0.25) is 0 Å². The van der Waals surface area contributed by atoms with Gasteiger partial charge in [0.2, 0.25) is 5.91 Å². The molecular formula is C16H22N2O2S. The van der Waals surface area contributed by atoms with E-state index < -0.39 is 0 Å². The van der Waals surface area contributed by atoms with Gasteiger partial charge in [0.05, 0.1) is 19.0 Å². The zero-order valence-electron chi connectivity index (χ0n) is 12.5. The van der Waals surface area contributed by atoms with E-state index in [-0.39, 0.29) is 11.3 Å². The first kappa shape index (κ1) is 14.9. The fourth-order valence-corrected chi connectivity index (χ4v) is 4.00. The summed E-state index contributed by atoms with van der Waals surface area (Å²) in [6.45, 7) is 7.41. The zero-order chi connectivity index (χ0) is 14.7. The first-order valence-corrected chi connectivity index (χ1v) is 8.56. The quantitative estimate of drug-likeness (QED) is 0.850. The Hall–Kier alpha value is -1.04. The fraction of sp³-hybridized carbons (Fsp3) is 0.562. The summed E-state index contributed by atoms with van der Waals surface area (Å²) < 4.78 is 5.37. The second-order valence-corrected chi connectivity index (χ2v) is 6.68. The van der Waals surface area contributed by atoms with E-state index in [0.717, 1.165) is 39.4 Å². The Bertz CT molecular complexity index is 486. The average Bonchev–Trinajstić information content (AvgIpc) is 2.88. The predicted octanol–water partition coefficient (Wildman–Crippen LogP) is 1.90. The van der Waals surface area contributed by atoms with E-state index in [0.29, 0.717) is 5.75 Å². The van der Waals surface area contributed by atoms with Gasteiger partial charge >= 0.3 is 0 Å². The molecule has 4 nitrogen and oxygen atoms in total. The van der Waals surface area contributed by atoms with Gasteiger partial charge in [0, 0.05) is 26.2 Å². The Kier molecular flexibility index (Phi) is 4.83. The molecule has 0 radical (unpaired) electrons. The highest BCUT2D eigenvalue weighted by Gasteiger charge is 2.32. The monoisotopic (exact) mass is 306 g/mol. The molecule has 2 fully saturated rings. The molecule has 1 atom stereocenters. The number of ether oxygens (including phenoxy) is 1. The van der Waals surface area contributed by atoms with Crippen molar-refractivity contribution in [3.8, 4) is 0 Å². The van der Waals surface area contributed by atoms with Gasteiger partial charge in [0.15, 0.2) is 0 Å². The fourth-order valence-electron chi connectivity index (χ4n) is 2.78. The van der Waals surface area contributed by atoms with Gasteiger partial charge in [-0.2, -0.15) is 0 Å². The van der Waals surface area contributed by atoms with Crippen molar-refractivity contribution in [1.29, 1.82) is 0 Å². The molecule has 1 aromatic carbocycles. The van der Waals surface area contributed by atoms with Crippen molar-refractivity contribution in [2.24, 2.45) is 0 Å². The topological polar surface area (TPSA) is 32.8 Å². The van der Waals surface area contributed by atoms with Crippen molar-refractivity contribution in [2.45, 2.75) is 12.3 Å². The lowest BCUT2D eigenvalue weighted by atomic mass is 10.1. The maximum absolute atomic E-state index is 12.2. The minimum absolute atomic E-state index is 0.180. The molecular weight excluding hydrogens is 284 g/mol. The summed E-state index contributed by atoms with van der Waals surface area (Å²) in [5, 5.41) is 0.180. The lowest BCUT2D eigenvalue weighted by molar-refractivity contribution is -0.128. The summed E-state index contributed by atoms with van der Waals surface area (Å²) >= 11 is 1.74. The third-order valence-corrected chi connectivity index (χ3v) is 5.35. The van der Waals surface area contributed by atoms with Crippen LogP contribution in [-0.4, -0.2) is 60.9 Å². The van der Waals surface area contributed by atoms with Crippen LogP contribution < -0.4 is 0 Å². The third-order valence-electron chi connectivity index (χ3n) is 4.09. The Balaban J connectivity index is 1.63. The Labute approximate surface area is 130 Å². The average molecular weight is 306 g/mol. The van der Waals surface area contributed by atoms with E-state index in [1.807, 2.05) is 4.90 Å². The van der Waals surface area contributed by atoms with Crippen molar-refractivity contribution in [3.05, 3.63) is 35.4 Å². The highest BCUT2D eigenvalue weighted by atomic mass is 32.2. The minimum Gasteiger partial charge on any atom is -0.379 e. The number of rotatable bonds is 4. The van der Waals surface area contributed by atoms with Crippen LogP contribution in [-0.2, 0) is 9.53 Å². The largest absolute Gasteiger partial charge is 0.379 e. The van der Waals surface area contributed by atoms with E-state index in [2.05, 4.69) is 36.1 Å². The molecule has 1 amide bonds. The molecule has 0 spiro atoms. The molecule has 21 heavy (non-hydrogen) atoms. The summed E-state index contributed by atoms with van der Waals surface area (Å²) in [5.41, 5.74) is 2.49. The number of nitrogens with zero attached hydrogens (tertiary/aromatic N) is 2. The number of thioether (sulfide) groups is 1. The smallest absolute Gasteiger partial charge is 0.233 e. The zero-order valence-corrected chi connectivity index (χ0v) is 13.3. The number of carbonyl (C=O) groups excluding carboxylic acids is 1. The van der Waals surface area contributed by atoms with Gasteiger partial charge in [-0.3, -0.25) is 9.69 Å². The Morgan fingerprint density at radius 1 is 1.19 bits per heavy atom. The van der Waals surface area contributed by atoms with Crippen molar-refractivity contribution in [3.63, 3.8) is 0 Å². The van der Waals surface area contributed by atoms with Gasteiger partial charge < -0.3 is 9.64 Å². The van der Waals surface area contributed by atoms with Gasteiger partial charge in [-0.15, -0.1) is 11.8 Å². The molecule has 2 aliphatic rings. The number of morpholine rings is 1. The van der Waals surface area contributed by atoms with Crippen LogP contribution in [0.15, 0.2) is 24.3 Å². The van der Waals surface area contributed by atoms with Crippen LogP contribution >= 0.6 is 11.8 Å². The molecule has 0 aromatic heterocycles. The molecule has 0 aliphatic carbocycles. The Morgan fingerprint density at radius 3 is 2.62 bits per heavy atom. The van der Waals surface area contributed by atoms with Gasteiger partial charge in [0.1, 0.15) is 5.37 Å². The molecule has 114 valence electrons. The maximum Gasteiger partial charge on any atom is 0.233 e. The van der Waals surface area contributed by atoms with Crippen LogP contribution in [0.4, 0.5) is 0 Å². The summed E-state index contributed by atoms with van der Waals surface area (Å²) in [6.07, 6.45) is 0. The maximum atomic E-state index is 12.2. The van der Waals surface area contributed by atoms with E-state index in [4.69, 9.17) is 4.74 Å². The second kappa shape index (κ2) is 6.81. The van der Waals surface area contributed by atoms with Gasteiger partial charge in [-0.1, -0.05) is 29.8 Å². The first-order valence-electron chi connectivity index (χ1n) is 7.52. The molecule has 5 heteroatoms. The van der Waals surface area contributed by atoms with Crippen molar-refractivity contribution in [1.82, 2.24) is 9.80 Å². The van der Waals surface area contributed by atoms with E-state index in [1.165, 1.54) is 11.1 Å². The number of hydrogen-bond donors (Lipinski definition) is 0. The lowest BCUT2D eigenvalue weighted by Crippen LogP contribution is -2.42. The normalized spacial score (nSPS) is 23.8. The first-order chi connectivity index (χ1) is 10.2. The number of carbonyl (C=O) groups is 1. The minimum atomic E-state index is 0.180. The van der Waals surface area contributed by atoms with Crippen LogP contribution in [0.3, 0.4) is 0 Å². The second-order valence-electron chi connectivity index (χ2n) is 5.62. The molecule has 0 bridgehead atoms. The predicted molar refractivity (Wildman–Crippen MR) is 85.4 cm³/mol. The third kappa shape index (κ3) is 3.59. The summed E-state index contributed by atoms with van der Waals surface area (Å²) in [7, 11) is 0. The number of hydrogen-bond acceptors (Lipinski definition) is 4. The highest BCUT2D eigenvalue weighted by molar-refractivity contribution is 8.00. The van der Waals surface area contributed by atoms with Crippen LogP contribution in [0.25, 0.3) is 0 Å². The van der Waals surface area contributed by atoms with Gasteiger partial charge in [-0.25, -0.2) is 0 Å². The van der Waals surface area contributed by atoms with Crippen molar-refractivity contribution < 1.29 is 9.53 Å². The van der Waals surface area contributed by atoms with E-state index >= 15 is 0 Å². The van der Waals surface area contributed by atoms with Crippen LogP contribution in [0.1, 0.15) is 16.5 Å². The molecule has 3 rings (SSSR count). The summed E-state index contributed by atoms with van der Waals surface area (Å²) in [6, 6.07) is 8.54. The number of benzene rings is 1. The molecule has 0 N–H and O–H groups in total. The van der Waals surface area contributed by atoms with E-state index in [1.54, 1.807) is 11.8 Å². The molecule has 0 saturated carbocycles. The summed E-state index contributed by atoms with van der Waals surface area (Å²) in [4.78, 5) is 16.6.